The Morgan fingerprint density at radius 3 is 2.36 bits per heavy atom. The van der Waals surface area contributed by atoms with Crippen molar-refractivity contribution in [3.05, 3.63) is 0 Å². The summed E-state index contributed by atoms with van der Waals surface area (Å²) in [5.74, 6) is 0. The molecule has 1 atom stereocenters. The molecule has 0 aliphatic heterocycles. The lowest BCUT2D eigenvalue weighted by Gasteiger charge is -2.27. The van der Waals surface area contributed by atoms with Crippen LogP contribution in [0.3, 0.4) is 0 Å². The number of nitrogens with zero attached hydrogens (tertiary/aromatic N) is 1. The van der Waals surface area contributed by atoms with E-state index < -0.39 is 0 Å². The molecule has 0 heterocycles. The second kappa shape index (κ2) is 4.27. The van der Waals surface area contributed by atoms with E-state index in [1.807, 2.05) is 20.8 Å². The van der Waals surface area contributed by atoms with Gasteiger partial charge in [0.2, 0.25) is 6.08 Å². The third-order valence-electron chi connectivity index (χ3n) is 1.57. The zero-order valence-electron chi connectivity index (χ0n) is 7.55. The average Bonchev–Trinajstić information content (AvgIpc) is 1.87. The normalized spacial score (nSPS) is 13.8. The van der Waals surface area contributed by atoms with Crippen LogP contribution in [0.2, 0.25) is 0 Å². The van der Waals surface area contributed by atoms with Crippen LogP contribution >= 0.6 is 0 Å². The van der Waals surface area contributed by atoms with Gasteiger partial charge in [-0.3, -0.25) is 0 Å². The van der Waals surface area contributed by atoms with E-state index in [1.165, 1.54) is 6.08 Å². The number of aliphatic imine (C=N–C) groups is 1. The van der Waals surface area contributed by atoms with Gasteiger partial charge < -0.3 is 4.74 Å². The van der Waals surface area contributed by atoms with Gasteiger partial charge in [0.15, 0.2) is 0 Å². The van der Waals surface area contributed by atoms with Crippen molar-refractivity contribution in [2.45, 2.75) is 26.9 Å². The Bertz CT molecular complexity index is 154. The first-order valence-corrected chi connectivity index (χ1v) is 3.58. The zero-order valence-corrected chi connectivity index (χ0v) is 7.55. The summed E-state index contributed by atoms with van der Waals surface area (Å²) in [6.07, 6.45) is 1.49. The third kappa shape index (κ3) is 3.91. The maximum atomic E-state index is 9.80. The molecule has 64 valence electrons. The van der Waals surface area contributed by atoms with Crippen molar-refractivity contribution < 1.29 is 9.53 Å². The van der Waals surface area contributed by atoms with Crippen molar-refractivity contribution >= 4 is 6.08 Å². The molecule has 0 spiro atoms. The first kappa shape index (κ1) is 10.3. The lowest BCUT2D eigenvalue weighted by Crippen LogP contribution is -2.30. The van der Waals surface area contributed by atoms with Crippen LogP contribution in [0.25, 0.3) is 0 Å². The highest BCUT2D eigenvalue weighted by Gasteiger charge is 2.23. The van der Waals surface area contributed by atoms with Gasteiger partial charge >= 0.3 is 0 Å². The van der Waals surface area contributed by atoms with Crippen LogP contribution in [-0.4, -0.2) is 25.8 Å². The Hall–Kier alpha value is -0.660. The first-order valence-electron chi connectivity index (χ1n) is 3.58. The number of ether oxygens (including phenoxy) is 1. The molecule has 0 bridgehead atoms. The SMILES string of the molecule is COC(CN=C=O)C(C)(C)C. The molecule has 0 radical (unpaired) electrons. The largest absolute Gasteiger partial charge is 0.379 e. The molecule has 0 saturated heterocycles. The van der Waals surface area contributed by atoms with E-state index in [9.17, 15) is 4.79 Å². The summed E-state index contributed by atoms with van der Waals surface area (Å²) in [6, 6.07) is 0. The smallest absolute Gasteiger partial charge is 0.235 e. The van der Waals surface area contributed by atoms with Gasteiger partial charge in [0.05, 0.1) is 12.6 Å². The molecule has 0 aromatic heterocycles. The van der Waals surface area contributed by atoms with Crippen LogP contribution in [0.15, 0.2) is 4.99 Å². The molecule has 11 heavy (non-hydrogen) atoms. The van der Waals surface area contributed by atoms with Gasteiger partial charge in [-0.05, 0) is 5.41 Å². The van der Waals surface area contributed by atoms with Crippen LogP contribution in [0.5, 0.6) is 0 Å². The van der Waals surface area contributed by atoms with Crippen molar-refractivity contribution in [1.29, 1.82) is 0 Å². The fourth-order valence-corrected chi connectivity index (χ4v) is 0.822. The van der Waals surface area contributed by atoms with E-state index in [-0.39, 0.29) is 11.5 Å². The Kier molecular flexibility index (Phi) is 4.01. The van der Waals surface area contributed by atoms with E-state index in [4.69, 9.17) is 4.74 Å². The highest BCUT2D eigenvalue weighted by Crippen LogP contribution is 2.21. The van der Waals surface area contributed by atoms with Gasteiger partial charge in [0.25, 0.3) is 0 Å². The van der Waals surface area contributed by atoms with Crippen molar-refractivity contribution in [3.63, 3.8) is 0 Å². The van der Waals surface area contributed by atoms with Gasteiger partial charge in [-0.15, -0.1) is 0 Å². The topological polar surface area (TPSA) is 38.7 Å². The molecular formula is C8H15NO2. The molecule has 0 aromatic carbocycles. The summed E-state index contributed by atoms with van der Waals surface area (Å²) in [6.45, 7) is 6.52. The van der Waals surface area contributed by atoms with Crippen LogP contribution in [0.1, 0.15) is 20.8 Å². The average molecular weight is 157 g/mol. The minimum absolute atomic E-state index is 0.0102. The fourth-order valence-electron chi connectivity index (χ4n) is 0.822. The third-order valence-corrected chi connectivity index (χ3v) is 1.57. The van der Waals surface area contributed by atoms with E-state index in [0.717, 1.165) is 0 Å². The predicted octanol–water partition coefficient (Wildman–Crippen LogP) is 1.38. The van der Waals surface area contributed by atoms with Crippen LogP contribution in [-0.2, 0) is 9.53 Å². The lowest BCUT2D eigenvalue weighted by atomic mass is 9.89. The van der Waals surface area contributed by atoms with E-state index in [1.54, 1.807) is 7.11 Å². The molecular weight excluding hydrogens is 142 g/mol. The highest BCUT2D eigenvalue weighted by molar-refractivity contribution is 5.32. The van der Waals surface area contributed by atoms with Crippen LogP contribution in [0, 0.1) is 5.41 Å². The number of hydrogen-bond donors (Lipinski definition) is 0. The van der Waals surface area contributed by atoms with Crippen molar-refractivity contribution in [1.82, 2.24) is 0 Å². The van der Waals surface area contributed by atoms with Gasteiger partial charge in [-0.1, -0.05) is 20.8 Å². The summed E-state index contributed by atoms with van der Waals surface area (Å²) in [7, 11) is 1.62. The molecule has 0 saturated carbocycles. The number of hydrogen-bond acceptors (Lipinski definition) is 3. The van der Waals surface area contributed by atoms with E-state index in [0.29, 0.717) is 6.54 Å². The van der Waals surface area contributed by atoms with Gasteiger partial charge in [-0.2, -0.15) is 0 Å². The minimum atomic E-state index is -0.0102. The van der Waals surface area contributed by atoms with Crippen molar-refractivity contribution in [2.24, 2.45) is 10.4 Å². The van der Waals surface area contributed by atoms with Crippen molar-refractivity contribution in [3.8, 4) is 0 Å². The first-order chi connectivity index (χ1) is 5.02. The summed E-state index contributed by atoms with van der Waals surface area (Å²) < 4.78 is 5.14. The minimum Gasteiger partial charge on any atom is -0.379 e. The van der Waals surface area contributed by atoms with E-state index >= 15 is 0 Å². The molecule has 0 aromatic rings. The summed E-state index contributed by atoms with van der Waals surface area (Å²) >= 11 is 0. The van der Waals surface area contributed by atoms with E-state index in [2.05, 4.69) is 4.99 Å². The highest BCUT2D eigenvalue weighted by atomic mass is 16.5. The number of rotatable bonds is 3. The zero-order chi connectivity index (χ0) is 8.91. The van der Waals surface area contributed by atoms with Gasteiger partial charge in [0, 0.05) is 7.11 Å². The predicted molar refractivity (Wildman–Crippen MR) is 43.2 cm³/mol. The Balaban J connectivity index is 4.06. The Morgan fingerprint density at radius 2 is 2.09 bits per heavy atom. The number of isocyanates is 1. The molecule has 0 N–H and O–H groups in total. The molecule has 0 amide bonds. The molecule has 0 fully saturated rings. The Morgan fingerprint density at radius 1 is 1.55 bits per heavy atom. The molecule has 3 nitrogen and oxygen atoms in total. The fraction of sp³-hybridized carbons (Fsp3) is 0.875. The molecule has 0 aliphatic rings. The second-order valence-corrected chi connectivity index (χ2v) is 3.52. The number of methoxy groups -OCH3 is 1. The standard InChI is InChI=1S/C8H15NO2/c1-8(2,3)7(11-4)5-9-6-10/h7H,5H2,1-4H3. The monoisotopic (exact) mass is 157 g/mol. The lowest BCUT2D eigenvalue weighted by molar-refractivity contribution is 0.0242. The second-order valence-electron chi connectivity index (χ2n) is 3.52. The number of carbonyl (C=O) groups excluding carboxylic acids is 1. The van der Waals surface area contributed by atoms with Gasteiger partial charge in [0.1, 0.15) is 0 Å². The van der Waals surface area contributed by atoms with Crippen LogP contribution in [0.4, 0.5) is 0 Å². The maximum Gasteiger partial charge on any atom is 0.235 e. The maximum absolute atomic E-state index is 9.80. The summed E-state index contributed by atoms with van der Waals surface area (Å²) in [5, 5.41) is 0. The molecule has 0 aliphatic carbocycles. The van der Waals surface area contributed by atoms with Crippen LogP contribution < -0.4 is 0 Å². The molecule has 0 rings (SSSR count). The quantitative estimate of drug-likeness (QED) is 0.458. The van der Waals surface area contributed by atoms with Crippen molar-refractivity contribution in [2.75, 3.05) is 13.7 Å². The van der Waals surface area contributed by atoms with Gasteiger partial charge in [-0.25, -0.2) is 9.79 Å². The molecule has 1 unspecified atom stereocenters. The summed E-state index contributed by atoms with van der Waals surface area (Å²) in [4.78, 5) is 13.3. The molecule has 3 heteroatoms. The Labute approximate surface area is 67.5 Å². The summed E-state index contributed by atoms with van der Waals surface area (Å²) in [5.41, 5.74) is 0.0229.